The number of urea groups is 1. The van der Waals surface area contributed by atoms with Crippen LogP contribution in [0.1, 0.15) is 16.7 Å². The number of halogens is 2. The summed E-state index contributed by atoms with van der Waals surface area (Å²) in [5, 5.41) is 6.21. The van der Waals surface area contributed by atoms with Gasteiger partial charge in [0.2, 0.25) is 0 Å². The van der Waals surface area contributed by atoms with Crippen LogP contribution in [0.5, 0.6) is 0 Å². The first-order chi connectivity index (χ1) is 9.86. The van der Waals surface area contributed by atoms with Crippen LogP contribution in [0.15, 0.2) is 34.8 Å². The molecule has 5 heteroatoms. The molecule has 21 heavy (non-hydrogen) atoms. The lowest BCUT2D eigenvalue weighted by Gasteiger charge is -2.11. The molecule has 0 fully saturated rings. The summed E-state index contributed by atoms with van der Waals surface area (Å²) >= 11 is 9.54. The van der Waals surface area contributed by atoms with E-state index in [2.05, 4.69) is 26.6 Å². The van der Waals surface area contributed by atoms with Gasteiger partial charge in [0.05, 0.1) is 0 Å². The standard InChI is InChI=1S/C16H16BrClN2O/c1-9-4-5-12(8-14(9)18)19-16(21)20-13-6-10(2)15(17)11(3)7-13/h4-8H,1-3H3,(H2,19,20,21). The maximum absolute atomic E-state index is 12.0. The van der Waals surface area contributed by atoms with Crippen molar-refractivity contribution < 1.29 is 4.79 Å². The molecule has 0 radical (unpaired) electrons. The Morgan fingerprint density at radius 1 is 0.952 bits per heavy atom. The smallest absolute Gasteiger partial charge is 0.308 e. The average Bonchev–Trinajstić information content (AvgIpc) is 2.40. The molecule has 0 atom stereocenters. The van der Waals surface area contributed by atoms with Crippen molar-refractivity contribution in [2.24, 2.45) is 0 Å². The molecule has 0 bridgehead atoms. The fourth-order valence-corrected chi connectivity index (χ4v) is 2.39. The molecule has 0 aliphatic carbocycles. The highest BCUT2D eigenvalue weighted by Gasteiger charge is 2.07. The van der Waals surface area contributed by atoms with Crippen molar-refractivity contribution in [2.45, 2.75) is 20.8 Å². The van der Waals surface area contributed by atoms with Crippen LogP contribution < -0.4 is 10.6 Å². The summed E-state index contributed by atoms with van der Waals surface area (Å²) in [6.45, 7) is 5.89. The topological polar surface area (TPSA) is 41.1 Å². The predicted molar refractivity (Wildman–Crippen MR) is 92.4 cm³/mol. The second-order valence-electron chi connectivity index (χ2n) is 4.97. The van der Waals surface area contributed by atoms with Gasteiger partial charge in [-0.2, -0.15) is 0 Å². The maximum atomic E-state index is 12.0. The molecule has 2 rings (SSSR count). The Balaban J connectivity index is 2.09. The summed E-state index contributed by atoms with van der Waals surface area (Å²) in [5.41, 5.74) is 4.53. The summed E-state index contributed by atoms with van der Waals surface area (Å²) in [5.74, 6) is 0. The summed E-state index contributed by atoms with van der Waals surface area (Å²) in [4.78, 5) is 12.0. The Morgan fingerprint density at radius 2 is 1.52 bits per heavy atom. The Labute approximate surface area is 137 Å². The highest BCUT2D eigenvalue weighted by Crippen LogP contribution is 2.25. The van der Waals surface area contributed by atoms with E-state index >= 15 is 0 Å². The molecule has 2 aromatic rings. The highest BCUT2D eigenvalue weighted by atomic mass is 79.9. The van der Waals surface area contributed by atoms with Crippen molar-refractivity contribution in [1.82, 2.24) is 0 Å². The molecule has 0 aliphatic rings. The first-order valence-electron chi connectivity index (χ1n) is 6.47. The number of hydrogen-bond acceptors (Lipinski definition) is 1. The Hall–Kier alpha value is -1.52. The molecule has 110 valence electrons. The molecular formula is C16H16BrClN2O. The number of amides is 2. The minimum absolute atomic E-state index is 0.295. The molecule has 0 spiro atoms. The van der Waals surface area contributed by atoms with Gasteiger partial charge >= 0.3 is 6.03 Å². The van der Waals surface area contributed by atoms with Crippen molar-refractivity contribution >= 4 is 44.9 Å². The summed E-state index contributed by atoms with van der Waals surface area (Å²) in [7, 11) is 0. The van der Waals surface area contributed by atoms with E-state index < -0.39 is 0 Å². The first kappa shape index (κ1) is 15.9. The van der Waals surface area contributed by atoms with E-state index in [-0.39, 0.29) is 6.03 Å². The average molecular weight is 368 g/mol. The molecule has 0 aliphatic heterocycles. The lowest BCUT2D eigenvalue weighted by molar-refractivity contribution is 0.262. The summed E-state index contributed by atoms with van der Waals surface area (Å²) in [6, 6.07) is 8.95. The van der Waals surface area contributed by atoms with E-state index in [0.29, 0.717) is 10.7 Å². The molecule has 0 aromatic heterocycles. The number of benzene rings is 2. The minimum Gasteiger partial charge on any atom is -0.308 e. The van der Waals surface area contributed by atoms with Crippen LogP contribution in [-0.4, -0.2) is 6.03 Å². The van der Waals surface area contributed by atoms with Crippen LogP contribution in [0.25, 0.3) is 0 Å². The number of anilines is 2. The molecule has 0 saturated heterocycles. The second kappa shape index (κ2) is 6.50. The van der Waals surface area contributed by atoms with Crippen molar-refractivity contribution in [2.75, 3.05) is 10.6 Å². The van der Waals surface area contributed by atoms with Crippen molar-refractivity contribution in [1.29, 1.82) is 0 Å². The van der Waals surface area contributed by atoms with Gasteiger partial charge in [0.15, 0.2) is 0 Å². The fourth-order valence-electron chi connectivity index (χ4n) is 1.98. The fraction of sp³-hybridized carbons (Fsp3) is 0.188. The van der Waals surface area contributed by atoms with E-state index in [9.17, 15) is 4.79 Å². The number of hydrogen-bond donors (Lipinski definition) is 2. The second-order valence-corrected chi connectivity index (χ2v) is 6.17. The SMILES string of the molecule is Cc1ccc(NC(=O)Nc2cc(C)c(Br)c(C)c2)cc1Cl. The van der Waals surface area contributed by atoms with Crippen LogP contribution in [0, 0.1) is 20.8 Å². The molecule has 3 nitrogen and oxygen atoms in total. The van der Waals surface area contributed by atoms with Gasteiger partial charge in [0, 0.05) is 20.9 Å². The number of aryl methyl sites for hydroxylation is 3. The van der Waals surface area contributed by atoms with Gasteiger partial charge in [0.1, 0.15) is 0 Å². The molecule has 2 amide bonds. The van der Waals surface area contributed by atoms with Gasteiger partial charge < -0.3 is 10.6 Å². The van der Waals surface area contributed by atoms with Crippen LogP contribution in [0.3, 0.4) is 0 Å². The molecule has 0 saturated carbocycles. The lowest BCUT2D eigenvalue weighted by atomic mass is 10.1. The van der Waals surface area contributed by atoms with Crippen LogP contribution in [0.2, 0.25) is 5.02 Å². The highest BCUT2D eigenvalue weighted by molar-refractivity contribution is 9.10. The Kier molecular flexibility index (Phi) is 4.91. The zero-order valence-corrected chi connectivity index (χ0v) is 14.4. The van der Waals surface area contributed by atoms with Gasteiger partial charge in [-0.1, -0.05) is 33.6 Å². The third-order valence-electron chi connectivity index (χ3n) is 3.12. The van der Waals surface area contributed by atoms with Crippen LogP contribution >= 0.6 is 27.5 Å². The van der Waals surface area contributed by atoms with Crippen molar-refractivity contribution in [3.8, 4) is 0 Å². The van der Waals surface area contributed by atoms with Crippen molar-refractivity contribution in [3.05, 3.63) is 56.5 Å². The largest absolute Gasteiger partial charge is 0.323 e. The molecule has 0 unspecified atom stereocenters. The van der Waals surface area contributed by atoms with E-state index in [1.165, 1.54) is 0 Å². The molecular weight excluding hydrogens is 352 g/mol. The first-order valence-corrected chi connectivity index (χ1v) is 7.65. The monoisotopic (exact) mass is 366 g/mol. The molecule has 0 heterocycles. The van der Waals surface area contributed by atoms with Gasteiger partial charge in [-0.25, -0.2) is 4.79 Å². The van der Waals surface area contributed by atoms with Gasteiger partial charge in [-0.15, -0.1) is 0 Å². The van der Waals surface area contributed by atoms with Crippen LogP contribution in [-0.2, 0) is 0 Å². The van der Waals surface area contributed by atoms with E-state index in [0.717, 1.165) is 26.9 Å². The predicted octanol–water partition coefficient (Wildman–Crippen LogP) is 5.67. The molecule has 2 aromatic carbocycles. The van der Waals surface area contributed by atoms with Gasteiger partial charge in [-0.05, 0) is 61.7 Å². The minimum atomic E-state index is -0.295. The number of carbonyl (C=O) groups excluding carboxylic acids is 1. The Morgan fingerprint density at radius 3 is 2.10 bits per heavy atom. The van der Waals surface area contributed by atoms with E-state index in [1.807, 2.05) is 45.0 Å². The Bertz CT molecular complexity index is 678. The normalized spacial score (nSPS) is 10.3. The summed E-state index contributed by atoms with van der Waals surface area (Å²) < 4.78 is 1.05. The molecule has 2 N–H and O–H groups in total. The van der Waals surface area contributed by atoms with Gasteiger partial charge in [-0.3, -0.25) is 0 Å². The number of nitrogens with one attached hydrogen (secondary N) is 2. The quantitative estimate of drug-likeness (QED) is 0.705. The zero-order chi connectivity index (χ0) is 15.6. The lowest BCUT2D eigenvalue weighted by Crippen LogP contribution is -2.19. The summed E-state index contributed by atoms with van der Waals surface area (Å²) in [6.07, 6.45) is 0. The number of rotatable bonds is 2. The van der Waals surface area contributed by atoms with E-state index in [4.69, 9.17) is 11.6 Å². The number of carbonyl (C=O) groups is 1. The van der Waals surface area contributed by atoms with E-state index in [1.54, 1.807) is 6.07 Å². The third-order valence-corrected chi connectivity index (χ3v) is 4.78. The van der Waals surface area contributed by atoms with Crippen LogP contribution in [0.4, 0.5) is 16.2 Å². The van der Waals surface area contributed by atoms with Gasteiger partial charge in [0.25, 0.3) is 0 Å². The third kappa shape index (κ3) is 3.99. The zero-order valence-electron chi connectivity index (χ0n) is 12.1. The maximum Gasteiger partial charge on any atom is 0.323 e. The van der Waals surface area contributed by atoms with Crippen molar-refractivity contribution in [3.63, 3.8) is 0 Å².